The molecule has 0 saturated heterocycles. The van der Waals surface area contributed by atoms with Crippen molar-refractivity contribution in [1.82, 2.24) is 15.5 Å². The van der Waals surface area contributed by atoms with E-state index in [1.54, 1.807) is 6.07 Å². The molecule has 0 aliphatic rings. The number of aromatic nitrogens is 2. The van der Waals surface area contributed by atoms with Gasteiger partial charge in [-0.2, -0.15) is 5.10 Å². The van der Waals surface area contributed by atoms with E-state index < -0.39 is 0 Å². The Bertz CT molecular complexity index is 1020. The first kappa shape index (κ1) is 20.1. The number of H-pyrrole nitrogens is 1. The van der Waals surface area contributed by atoms with Crippen molar-refractivity contribution in [2.75, 3.05) is 5.32 Å². The second-order valence-corrected chi connectivity index (χ2v) is 9.96. The van der Waals surface area contributed by atoms with Crippen molar-refractivity contribution in [3.63, 3.8) is 0 Å². The van der Waals surface area contributed by atoms with Gasteiger partial charge in [-0.25, -0.2) is 0 Å². The molecule has 0 bridgehead atoms. The largest absolute Gasteiger partial charge is 0.347 e. The average molecular weight is 399 g/mol. The molecule has 0 aliphatic heterocycles. The number of benzene rings is 1. The number of hydrogen-bond donors (Lipinski definition) is 3. The molecule has 0 spiro atoms. The van der Waals surface area contributed by atoms with Crippen LogP contribution in [0.4, 0.5) is 5.82 Å². The van der Waals surface area contributed by atoms with Crippen LogP contribution in [0.2, 0.25) is 0 Å². The van der Waals surface area contributed by atoms with Gasteiger partial charge < -0.3 is 10.6 Å². The second-order valence-electron chi connectivity index (χ2n) is 8.91. The highest BCUT2D eigenvalue weighted by Gasteiger charge is 2.20. The maximum Gasteiger partial charge on any atom is 0.261 e. The Morgan fingerprint density at radius 3 is 2.21 bits per heavy atom. The molecule has 3 N–H and O–H groups in total. The van der Waals surface area contributed by atoms with Crippen LogP contribution in [0.15, 0.2) is 30.3 Å². The van der Waals surface area contributed by atoms with E-state index in [-0.39, 0.29) is 22.8 Å². The highest BCUT2D eigenvalue weighted by atomic mass is 32.1. The number of rotatable bonds is 3. The van der Waals surface area contributed by atoms with Crippen LogP contribution in [0.5, 0.6) is 0 Å². The number of thiophene rings is 1. The standard InChI is InChI=1S/C21H26N4O2S/c1-20(2,3)13-9-7-12(8-10-13)17(26)22-16-14-11-15(28-19(14)25-24-16)18(27)23-21(4,5)6/h7-11H,1-6H3,(H,23,27)(H2,22,24,25,26). The first-order valence-electron chi connectivity index (χ1n) is 9.16. The molecule has 0 atom stereocenters. The summed E-state index contributed by atoms with van der Waals surface area (Å²) >= 11 is 1.31. The van der Waals surface area contributed by atoms with Gasteiger partial charge in [0, 0.05) is 11.1 Å². The van der Waals surface area contributed by atoms with Gasteiger partial charge in [-0.05, 0) is 49.9 Å². The fourth-order valence-electron chi connectivity index (χ4n) is 2.73. The van der Waals surface area contributed by atoms with Crippen LogP contribution in [0.1, 0.15) is 67.1 Å². The third-order valence-electron chi connectivity index (χ3n) is 4.21. The lowest BCUT2D eigenvalue weighted by molar-refractivity contribution is 0.0923. The lowest BCUT2D eigenvalue weighted by atomic mass is 9.87. The summed E-state index contributed by atoms with van der Waals surface area (Å²) in [6.07, 6.45) is 0. The van der Waals surface area contributed by atoms with E-state index in [1.807, 2.05) is 45.0 Å². The number of carbonyl (C=O) groups excluding carboxylic acids is 2. The summed E-state index contributed by atoms with van der Waals surface area (Å²) in [5, 5.41) is 13.6. The Morgan fingerprint density at radius 1 is 1.00 bits per heavy atom. The molecule has 0 radical (unpaired) electrons. The summed E-state index contributed by atoms with van der Waals surface area (Å²) in [6.45, 7) is 12.2. The molecule has 3 rings (SSSR count). The van der Waals surface area contributed by atoms with Crippen molar-refractivity contribution in [3.8, 4) is 0 Å². The second kappa shape index (κ2) is 7.05. The molecule has 6 nitrogen and oxygen atoms in total. The fourth-order valence-corrected chi connectivity index (χ4v) is 3.62. The molecular weight excluding hydrogens is 372 g/mol. The van der Waals surface area contributed by atoms with Crippen molar-refractivity contribution < 1.29 is 9.59 Å². The third kappa shape index (κ3) is 4.42. The highest BCUT2D eigenvalue weighted by molar-refractivity contribution is 7.20. The van der Waals surface area contributed by atoms with Crippen LogP contribution in [-0.2, 0) is 5.41 Å². The fraction of sp³-hybridized carbons (Fsp3) is 0.381. The van der Waals surface area contributed by atoms with Crippen LogP contribution in [0.3, 0.4) is 0 Å². The normalized spacial score (nSPS) is 12.2. The molecule has 2 heterocycles. The Kier molecular flexibility index (Phi) is 5.06. The Labute approximate surface area is 168 Å². The van der Waals surface area contributed by atoms with Crippen LogP contribution in [0.25, 0.3) is 10.2 Å². The summed E-state index contributed by atoms with van der Waals surface area (Å²) in [5.74, 6) is 0.0452. The number of hydrogen-bond acceptors (Lipinski definition) is 4. The van der Waals surface area contributed by atoms with Crippen LogP contribution in [0, 0.1) is 0 Å². The number of anilines is 1. The van der Waals surface area contributed by atoms with Gasteiger partial charge in [0.1, 0.15) is 4.83 Å². The topological polar surface area (TPSA) is 86.9 Å². The van der Waals surface area contributed by atoms with E-state index in [9.17, 15) is 9.59 Å². The predicted octanol–water partition coefficient (Wildman–Crippen LogP) is 4.70. The van der Waals surface area contributed by atoms with Gasteiger partial charge in [0.15, 0.2) is 5.82 Å². The first-order chi connectivity index (χ1) is 12.9. The van der Waals surface area contributed by atoms with Crippen molar-refractivity contribution >= 4 is 39.2 Å². The zero-order valence-electron chi connectivity index (χ0n) is 17.1. The molecule has 7 heteroatoms. The monoisotopic (exact) mass is 398 g/mol. The van der Waals surface area contributed by atoms with Crippen LogP contribution >= 0.6 is 11.3 Å². The van der Waals surface area contributed by atoms with Crippen molar-refractivity contribution in [2.45, 2.75) is 52.5 Å². The number of carbonyl (C=O) groups is 2. The zero-order valence-corrected chi connectivity index (χ0v) is 17.9. The summed E-state index contributed by atoms with van der Waals surface area (Å²) < 4.78 is 0. The van der Waals surface area contributed by atoms with Crippen LogP contribution < -0.4 is 10.6 Å². The molecule has 0 unspecified atom stereocenters. The number of aromatic amines is 1. The van der Waals surface area contributed by atoms with Crippen molar-refractivity contribution in [3.05, 3.63) is 46.3 Å². The quantitative estimate of drug-likeness (QED) is 0.597. The molecule has 28 heavy (non-hydrogen) atoms. The zero-order chi connectivity index (χ0) is 20.7. The number of nitrogens with one attached hydrogen (secondary N) is 3. The smallest absolute Gasteiger partial charge is 0.261 e. The minimum absolute atomic E-state index is 0.0318. The Hall–Kier alpha value is -2.67. The van der Waals surface area contributed by atoms with E-state index >= 15 is 0 Å². The third-order valence-corrected chi connectivity index (χ3v) is 5.25. The number of amides is 2. The molecule has 2 amide bonds. The van der Waals surface area contributed by atoms with Gasteiger partial charge in [-0.15, -0.1) is 11.3 Å². The molecule has 0 fully saturated rings. The van der Waals surface area contributed by atoms with Crippen molar-refractivity contribution in [1.29, 1.82) is 0 Å². The van der Waals surface area contributed by atoms with Gasteiger partial charge in [0.05, 0.1) is 10.3 Å². The molecule has 0 saturated carbocycles. The minimum Gasteiger partial charge on any atom is -0.347 e. The molecule has 148 valence electrons. The van der Waals surface area contributed by atoms with Crippen molar-refractivity contribution in [2.24, 2.45) is 0 Å². The minimum atomic E-state index is -0.316. The van der Waals surface area contributed by atoms with E-state index in [0.29, 0.717) is 16.3 Å². The summed E-state index contributed by atoms with van der Waals surface area (Å²) in [7, 11) is 0. The summed E-state index contributed by atoms with van der Waals surface area (Å²) in [5.41, 5.74) is 1.44. The maximum absolute atomic E-state index is 12.6. The van der Waals surface area contributed by atoms with Gasteiger partial charge >= 0.3 is 0 Å². The van der Waals surface area contributed by atoms with E-state index in [0.717, 1.165) is 10.2 Å². The molecular formula is C21H26N4O2S. The van der Waals surface area contributed by atoms with Gasteiger partial charge in [0.25, 0.3) is 11.8 Å². The van der Waals surface area contributed by atoms with Gasteiger partial charge in [-0.3, -0.25) is 14.7 Å². The summed E-state index contributed by atoms with van der Waals surface area (Å²) in [4.78, 5) is 26.3. The Balaban J connectivity index is 1.79. The highest BCUT2D eigenvalue weighted by Crippen LogP contribution is 2.30. The van der Waals surface area contributed by atoms with E-state index in [2.05, 4.69) is 41.6 Å². The number of fused-ring (bicyclic) bond motifs is 1. The summed E-state index contributed by atoms with van der Waals surface area (Å²) in [6, 6.07) is 9.32. The van der Waals surface area contributed by atoms with Gasteiger partial charge in [-0.1, -0.05) is 32.9 Å². The first-order valence-corrected chi connectivity index (χ1v) is 9.98. The molecule has 3 aromatic rings. The number of nitrogens with zero attached hydrogens (tertiary/aromatic N) is 1. The SMILES string of the molecule is CC(C)(C)NC(=O)c1cc2c(NC(=O)c3ccc(C(C)(C)C)cc3)n[nH]c2s1. The van der Waals surface area contributed by atoms with E-state index in [4.69, 9.17) is 0 Å². The van der Waals surface area contributed by atoms with E-state index in [1.165, 1.54) is 16.9 Å². The lowest BCUT2D eigenvalue weighted by Crippen LogP contribution is -2.40. The molecule has 1 aromatic carbocycles. The average Bonchev–Trinajstić information content (AvgIpc) is 3.14. The maximum atomic E-state index is 12.6. The van der Waals surface area contributed by atoms with Gasteiger partial charge in [0.2, 0.25) is 0 Å². The molecule has 0 aliphatic carbocycles. The lowest BCUT2D eigenvalue weighted by Gasteiger charge is -2.19. The Morgan fingerprint density at radius 2 is 1.64 bits per heavy atom. The predicted molar refractivity (Wildman–Crippen MR) is 114 cm³/mol. The molecule has 2 aromatic heterocycles. The van der Waals surface area contributed by atoms with Crippen LogP contribution in [-0.4, -0.2) is 27.6 Å².